The maximum Gasteiger partial charge on any atom is 0.266 e. The number of hydrogen-bond acceptors (Lipinski definition) is 6. The first-order chi connectivity index (χ1) is 11.2. The van der Waals surface area contributed by atoms with Gasteiger partial charge in [-0.1, -0.05) is 0 Å². The van der Waals surface area contributed by atoms with Gasteiger partial charge in [-0.15, -0.1) is 0 Å². The van der Waals surface area contributed by atoms with Crippen molar-refractivity contribution in [3.8, 4) is 0 Å². The zero-order valence-corrected chi connectivity index (χ0v) is 13.2. The first kappa shape index (κ1) is 14.2. The lowest BCUT2D eigenvalue weighted by molar-refractivity contribution is 0.619. The van der Waals surface area contributed by atoms with E-state index in [1.165, 1.54) is 23.2 Å². The van der Waals surface area contributed by atoms with Crippen LogP contribution in [0.4, 0.5) is 11.6 Å². The average Bonchev–Trinajstić information content (AvgIpc) is 3.43. The van der Waals surface area contributed by atoms with Crippen LogP contribution in [0, 0.1) is 0 Å². The van der Waals surface area contributed by atoms with Gasteiger partial charge in [-0.2, -0.15) is 5.10 Å². The molecule has 3 heterocycles. The fourth-order valence-corrected chi connectivity index (χ4v) is 2.96. The monoisotopic (exact) mass is 312 g/mol. The first-order valence-electron chi connectivity index (χ1n) is 8.07. The molecule has 4 rings (SSSR count). The number of aromatic nitrogens is 4. The molecule has 0 N–H and O–H groups in total. The van der Waals surface area contributed by atoms with E-state index < -0.39 is 0 Å². The van der Waals surface area contributed by atoms with Gasteiger partial charge >= 0.3 is 0 Å². The number of piperazine rings is 1. The minimum Gasteiger partial charge on any atom is -0.353 e. The molecule has 0 atom stereocenters. The van der Waals surface area contributed by atoms with Crippen LogP contribution in [0.25, 0.3) is 0 Å². The van der Waals surface area contributed by atoms with Crippen molar-refractivity contribution in [3.63, 3.8) is 0 Å². The second-order valence-electron chi connectivity index (χ2n) is 6.20. The third kappa shape index (κ3) is 2.91. The van der Waals surface area contributed by atoms with Crippen LogP contribution in [0.5, 0.6) is 0 Å². The lowest BCUT2D eigenvalue weighted by Crippen LogP contribution is -2.47. The molecule has 7 heteroatoms. The Morgan fingerprint density at radius 1 is 1.00 bits per heavy atom. The van der Waals surface area contributed by atoms with Crippen molar-refractivity contribution in [2.75, 3.05) is 36.0 Å². The van der Waals surface area contributed by atoms with Gasteiger partial charge in [0, 0.05) is 57.0 Å². The summed E-state index contributed by atoms with van der Waals surface area (Å²) in [5, 5.41) is 4.33. The molecule has 0 amide bonds. The van der Waals surface area contributed by atoms with Crippen LogP contribution in [-0.2, 0) is 7.05 Å². The van der Waals surface area contributed by atoms with E-state index in [1.54, 1.807) is 25.5 Å². The molecule has 2 aliphatic rings. The second kappa shape index (κ2) is 5.64. The van der Waals surface area contributed by atoms with Gasteiger partial charge in [0.2, 0.25) is 0 Å². The van der Waals surface area contributed by atoms with Crippen LogP contribution >= 0.6 is 0 Å². The molecule has 0 spiro atoms. The maximum atomic E-state index is 11.4. The van der Waals surface area contributed by atoms with Gasteiger partial charge < -0.3 is 9.80 Å². The summed E-state index contributed by atoms with van der Waals surface area (Å²) in [6.45, 7) is 3.53. The smallest absolute Gasteiger partial charge is 0.266 e. The van der Waals surface area contributed by atoms with Crippen LogP contribution in [0.3, 0.4) is 0 Å². The molecular weight excluding hydrogens is 292 g/mol. The Labute approximate surface area is 134 Å². The van der Waals surface area contributed by atoms with Gasteiger partial charge in [0.25, 0.3) is 5.56 Å². The molecule has 0 aromatic carbocycles. The minimum atomic E-state index is -0.0824. The minimum absolute atomic E-state index is 0.0824. The number of aryl methyl sites for hydroxylation is 1. The molecule has 2 aromatic rings. The van der Waals surface area contributed by atoms with Crippen LogP contribution in [0.1, 0.15) is 24.5 Å². The predicted molar refractivity (Wildman–Crippen MR) is 87.9 cm³/mol. The van der Waals surface area contributed by atoms with Gasteiger partial charge in [-0.05, 0) is 18.9 Å². The van der Waals surface area contributed by atoms with Crippen molar-refractivity contribution in [1.82, 2.24) is 19.7 Å². The summed E-state index contributed by atoms with van der Waals surface area (Å²) in [4.78, 5) is 24.8. The maximum absolute atomic E-state index is 11.4. The zero-order valence-electron chi connectivity index (χ0n) is 13.2. The summed E-state index contributed by atoms with van der Waals surface area (Å²) >= 11 is 0. The highest BCUT2D eigenvalue weighted by molar-refractivity contribution is 5.45. The fourth-order valence-electron chi connectivity index (χ4n) is 2.96. The van der Waals surface area contributed by atoms with Gasteiger partial charge in [-0.3, -0.25) is 4.79 Å². The van der Waals surface area contributed by atoms with Crippen molar-refractivity contribution in [2.24, 2.45) is 7.05 Å². The third-order valence-electron chi connectivity index (χ3n) is 4.54. The normalized spacial score (nSPS) is 18.3. The topological polar surface area (TPSA) is 67.2 Å². The van der Waals surface area contributed by atoms with E-state index in [0.29, 0.717) is 5.92 Å². The molecule has 0 bridgehead atoms. The summed E-state index contributed by atoms with van der Waals surface area (Å²) < 4.78 is 1.38. The van der Waals surface area contributed by atoms with E-state index in [9.17, 15) is 4.79 Å². The molecule has 1 saturated heterocycles. The molecular formula is C16H20N6O. The predicted octanol–water partition coefficient (Wildman–Crippen LogP) is 0.774. The van der Waals surface area contributed by atoms with E-state index in [1.807, 2.05) is 0 Å². The Bertz CT molecular complexity index is 761. The van der Waals surface area contributed by atoms with Gasteiger partial charge in [0.15, 0.2) is 0 Å². The molecule has 2 fully saturated rings. The van der Waals surface area contributed by atoms with Crippen LogP contribution < -0.4 is 15.4 Å². The van der Waals surface area contributed by atoms with E-state index in [-0.39, 0.29) is 5.56 Å². The molecule has 1 saturated carbocycles. The number of hydrogen-bond donors (Lipinski definition) is 0. The van der Waals surface area contributed by atoms with Gasteiger partial charge in [0.1, 0.15) is 18.0 Å². The molecule has 120 valence electrons. The number of anilines is 2. The number of rotatable bonds is 3. The largest absolute Gasteiger partial charge is 0.353 e. The van der Waals surface area contributed by atoms with Gasteiger partial charge in [-0.25, -0.2) is 14.6 Å². The molecule has 1 aliphatic carbocycles. The first-order valence-corrected chi connectivity index (χ1v) is 8.07. The Morgan fingerprint density at radius 3 is 2.35 bits per heavy atom. The van der Waals surface area contributed by atoms with Crippen LogP contribution in [-0.4, -0.2) is 45.9 Å². The molecule has 2 aromatic heterocycles. The van der Waals surface area contributed by atoms with E-state index in [4.69, 9.17) is 0 Å². The summed E-state index contributed by atoms with van der Waals surface area (Å²) in [6.07, 6.45) is 4.19. The lowest BCUT2D eigenvalue weighted by atomic mass is 10.2. The quantitative estimate of drug-likeness (QED) is 0.834. The Hall–Kier alpha value is -2.44. The van der Waals surface area contributed by atoms with E-state index >= 15 is 0 Å². The third-order valence-corrected chi connectivity index (χ3v) is 4.54. The van der Waals surface area contributed by atoms with Crippen molar-refractivity contribution >= 4 is 11.6 Å². The number of nitrogens with zero attached hydrogens (tertiary/aromatic N) is 6. The molecule has 0 unspecified atom stereocenters. The van der Waals surface area contributed by atoms with Crippen LogP contribution in [0.15, 0.2) is 29.3 Å². The van der Waals surface area contributed by atoms with E-state index in [2.05, 4.69) is 30.9 Å². The standard InChI is InChI=1S/C16H20N6O/c1-20-16(23)5-4-14(19-20)21-6-8-22(9-7-21)15-10-13(12-2-3-12)17-11-18-15/h4-5,10-12H,2-3,6-9H2,1H3. The second-order valence-corrected chi connectivity index (χ2v) is 6.20. The summed E-state index contributed by atoms with van der Waals surface area (Å²) in [5.74, 6) is 2.52. The lowest BCUT2D eigenvalue weighted by Gasteiger charge is -2.36. The molecule has 23 heavy (non-hydrogen) atoms. The highest BCUT2D eigenvalue weighted by Crippen LogP contribution is 2.39. The Kier molecular flexibility index (Phi) is 3.48. The highest BCUT2D eigenvalue weighted by atomic mass is 16.1. The van der Waals surface area contributed by atoms with Crippen LogP contribution in [0.2, 0.25) is 0 Å². The SMILES string of the molecule is Cn1nc(N2CCN(c3cc(C4CC4)ncn3)CC2)ccc1=O. The molecule has 1 aliphatic heterocycles. The fraction of sp³-hybridized carbons (Fsp3) is 0.500. The average molecular weight is 312 g/mol. The van der Waals surface area contributed by atoms with Gasteiger partial charge in [0.05, 0.1) is 0 Å². The highest BCUT2D eigenvalue weighted by Gasteiger charge is 2.26. The Morgan fingerprint density at radius 2 is 1.70 bits per heavy atom. The summed E-state index contributed by atoms with van der Waals surface area (Å²) in [7, 11) is 1.68. The molecule has 0 radical (unpaired) electrons. The summed E-state index contributed by atoms with van der Waals surface area (Å²) in [5.41, 5.74) is 1.10. The van der Waals surface area contributed by atoms with Crippen molar-refractivity contribution in [2.45, 2.75) is 18.8 Å². The van der Waals surface area contributed by atoms with Crippen molar-refractivity contribution in [3.05, 3.63) is 40.6 Å². The van der Waals surface area contributed by atoms with Crippen molar-refractivity contribution < 1.29 is 0 Å². The summed E-state index contributed by atoms with van der Waals surface area (Å²) in [6, 6.07) is 5.51. The zero-order chi connectivity index (χ0) is 15.8. The Balaban J connectivity index is 1.45. The van der Waals surface area contributed by atoms with E-state index in [0.717, 1.165) is 37.8 Å². The molecule has 7 nitrogen and oxygen atoms in total. The van der Waals surface area contributed by atoms with Crippen molar-refractivity contribution in [1.29, 1.82) is 0 Å².